The lowest BCUT2D eigenvalue weighted by Crippen LogP contribution is -2.48. The Kier molecular flexibility index (Phi) is 4.11. The van der Waals surface area contributed by atoms with Crippen molar-refractivity contribution in [3.8, 4) is 0 Å². The van der Waals surface area contributed by atoms with Crippen LogP contribution in [0.4, 0.5) is 0 Å². The maximum Gasteiger partial charge on any atom is 0.158 e. The molecule has 1 saturated heterocycles. The SMILES string of the molecule is C[C@@H]1C(O)OC(CC=O)[C@@H](C=O)C1C=O. The average molecular weight is 214 g/mol. The van der Waals surface area contributed by atoms with Crippen molar-refractivity contribution < 1.29 is 24.2 Å². The number of ether oxygens (including phenoxy) is 1. The van der Waals surface area contributed by atoms with Crippen LogP contribution in [0.1, 0.15) is 13.3 Å². The van der Waals surface area contributed by atoms with Crippen LogP contribution in [0.3, 0.4) is 0 Å². The Balaban J connectivity index is 2.86. The van der Waals surface area contributed by atoms with Crippen LogP contribution < -0.4 is 0 Å². The molecule has 5 nitrogen and oxygen atoms in total. The van der Waals surface area contributed by atoms with Gasteiger partial charge in [0.2, 0.25) is 0 Å². The molecule has 1 heterocycles. The van der Waals surface area contributed by atoms with Gasteiger partial charge in [-0.3, -0.25) is 0 Å². The third-order valence-electron chi connectivity index (χ3n) is 2.89. The second kappa shape index (κ2) is 5.14. The molecule has 0 aliphatic carbocycles. The van der Waals surface area contributed by atoms with Gasteiger partial charge in [0.15, 0.2) is 6.29 Å². The fourth-order valence-corrected chi connectivity index (χ4v) is 1.88. The van der Waals surface area contributed by atoms with Crippen molar-refractivity contribution in [3.05, 3.63) is 0 Å². The molecule has 1 fully saturated rings. The van der Waals surface area contributed by atoms with Crippen molar-refractivity contribution in [2.45, 2.75) is 25.7 Å². The van der Waals surface area contributed by atoms with Crippen molar-refractivity contribution in [2.75, 3.05) is 0 Å². The van der Waals surface area contributed by atoms with Crippen LogP contribution in [0.15, 0.2) is 0 Å². The van der Waals surface area contributed by atoms with E-state index in [1.807, 2.05) is 0 Å². The van der Waals surface area contributed by atoms with Crippen LogP contribution in [0.5, 0.6) is 0 Å². The fourth-order valence-electron chi connectivity index (χ4n) is 1.88. The van der Waals surface area contributed by atoms with Gasteiger partial charge in [-0.25, -0.2) is 0 Å². The predicted molar refractivity (Wildman–Crippen MR) is 49.8 cm³/mol. The molecule has 1 aliphatic heterocycles. The van der Waals surface area contributed by atoms with Crippen molar-refractivity contribution >= 4 is 18.9 Å². The second-order valence-corrected chi connectivity index (χ2v) is 3.75. The molecule has 3 unspecified atom stereocenters. The highest BCUT2D eigenvalue weighted by Gasteiger charge is 2.42. The molecular formula is C10H14O5. The summed E-state index contributed by atoms with van der Waals surface area (Å²) in [4.78, 5) is 32.0. The number of hydrogen-bond donors (Lipinski definition) is 1. The zero-order valence-electron chi connectivity index (χ0n) is 8.41. The Bertz CT molecular complexity index is 252. The van der Waals surface area contributed by atoms with E-state index in [-0.39, 0.29) is 6.42 Å². The minimum absolute atomic E-state index is 0.0114. The Hall–Kier alpha value is -1.07. The fraction of sp³-hybridized carbons (Fsp3) is 0.700. The predicted octanol–water partition coefficient (Wildman–Crippen LogP) is -0.441. The third-order valence-corrected chi connectivity index (χ3v) is 2.89. The van der Waals surface area contributed by atoms with Crippen molar-refractivity contribution in [2.24, 2.45) is 17.8 Å². The molecule has 0 aromatic heterocycles. The lowest BCUT2D eigenvalue weighted by atomic mass is 9.77. The van der Waals surface area contributed by atoms with Crippen LogP contribution in [-0.2, 0) is 19.1 Å². The van der Waals surface area contributed by atoms with Crippen LogP contribution in [0.25, 0.3) is 0 Å². The molecule has 15 heavy (non-hydrogen) atoms. The summed E-state index contributed by atoms with van der Waals surface area (Å²) in [7, 11) is 0. The largest absolute Gasteiger partial charge is 0.368 e. The van der Waals surface area contributed by atoms with E-state index >= 15 is 0 Å². The number of rotatable bonds is 4. The van der Waals surface area contributed by atoms with Gasteiger partial charge in [-0.1, -0.05) is 6.92 Å². The van der Waals surface area contributed by atoms with E-state index in [2.05, 4.69) is 0 Å². The van der Waals surface area contributed by atoms with Crippen LogP contribution in [0.2, 0.25) is 0 Å². The minimum atomic E-state index is -1.10. The normalized spacial score (nSPS) is 40.8. The molecule has 1 N–H and O–H groups in total. The van der Waals surface area contributed by atoms with Crippen molar-refractivity contribution in [3.63, 3.8) is 0 Å². The quantitative estimate of drug-likeness (QED) is 0.641. The molecule has 84 valence electrons. The molecule has 1 aliphatic rings. The van der Waals surface area contributed by atoms with E-state index in [0.717, 1.165) is 0 Å². The summed E-state index contributed by atoms with van der Waals surface area (Å²) in [6.45, 7) is 1.64. The average Bonchev–Trinajstić information content (AvgIpc) is 2.23. The monoisotopic (exact) mass is 214 g/mol. The van der Waals surface area contributed by atoms with Crippen molar-refractivity contribution in [1.29, 1.82) is 0 Å². The maximum absolute atomic E-state index is 10.8. The van der Waals surface area contributed by atoms with Crippen LogP contribution >= 0.6 is 0 Å². The van der Waals surface area contributed by atoms with E-state index in [0.29, 0.717) is 18.9 Å². The van der Waals surface area contributed by atoms with E-state index < -0.39 is 30.1 Å². The van der Waals surface area contributed by atoms with Gasteiger partial charge in [-0.2, -0.15) is 0 Å². The molecule has 1 rings (SSSR count). The lowest BCUT2D eigenvalue weighted by molar-refractivity contribution is -0.221. The topological polar surface area (TPSA) is 80.7 Å². The van der Waals surface area contributed by atoms with Crippen LogP contribution in [-0.4, -0.2) is 36.4 Å². The van der Waals surface area contributed by atoms with Gasteiger partial charge >= 0.3 is 0 Å². The molecule has 0 saturated carbocycles. The third kappa shape index (κ3) is 2.30. The molecule has 0 aromatic rings. The molecule has 5 atom stereocenters. The first-order valence-corrected chi connectivity index (χ1v) is 4.83. The lowest BCUT2D eigenvalue weighted by Gasteiger charge is -2.39. The number of aldehydes is 3. The highest BCUT2D eigenvalue weighted by Crippen LogP contribution is 2.33. The van der Waals surface area contributed by atoms with E-state index in [4.69, 9.17) is 4.74 Å². The standard InChI is InChI=1S/C10H14O5/c1-6-7(4-12)8(5-13)9(2-3-11)15-10(6)14/h3-10,14H,2H2,1H3/t6-,7?,8-,9?,10?/m0/s1. The molecule has 0 amide bonds. The minimum Gasteiger partial charge on any atom is -0.368 e. The number of aliphatic hydroxyl groups is 1. The van der Waals surface area contributed by atoms with Gasteiger partial charge in [0.05, 0.1) is 12.0 Å². The smallest absolute Gasteiger partial charge is 0.158 e. The van der Waals surface area contributed by atoms with Crippen LogP contribution in [0, 0.1) is 17.8 Å². The summed E-state index contributed by atoms with van der Waals surface area (Å²) in [5, 5.41) is 9.48. The summed E-state index contributed by atoms with van der Waals surface area (Å²) in [5.74, 6) is -1.66. The number of aliphatic hydroxyl groups excluding tert-OH is 1. The summed E-state index contributed by atoms with van der Waals surface area (Å²) >= 11 is 0. The molecule has 0 radical (unpaired) electrons. The Morgan fingerprint density at radius 3 is 2.27 bits per heavy atom. The Labute approximate surface area is 87.4 Å². The number of hydrogen-bond acceptors (Lipinski definition) is 5. The maximum atomic E-state index is 10.8. The summed E-state index contributed by atoms with van der Waals surface area (Å²) < 4.78 is 5.11. The molecule has 0 aromatic carbocycles. The summed E-state index contributed by atoms with van der Waals surface area (Å²) in [5.41, 5.74) is 0. The second-order valence-electron chi connectivity index (χ2n) is 3.75. The van der Waals surface area contributed by atoms with E-state index in [1.54, 1.807) is 6.92 Å². The van der Waals surface area contributed by atoms with Gasteiger partial charge in [0, 0.05) is 18.3 Å². The molecule has 0 bridgehead atoms. The number of carbonyl (C=O) groups is 3. The highest BCUT2D eigenvalue weighted by molar-refractivity contribution is 5.67. The highest BCUT2D eigenvalue weighted by atomic mass is 16.6. The zero-order chi connectivity index (χ0) is 11.4. The summed E-state index contributed by atoms with van der Waals surface area (Å²) in [6, 6.07) is 0. The number of carbonyl (C=O) groups excluding carboxylic acids is 3. The first-order chi connectivity index (χ1) is 7.15. The van der Waals surface area contributed by atoms with Gasteiger partial charge in [-0.15, -0.1) is 0 Å². The summed E-state index contributed by atoms with van der Waals surface area (Å²) in [6.07, 6.45) is 0.106. The molecule has 5 heteroatoms. The van der Waals surface area contributed by atoms with E-state index in [9.17, 15) is 19.5 Å². The van der Waals surface area contributed by atoms with Gasteiger partial charge < -0.3 is 24.2 Å². The molecule has 0 spiro atoms. The van der Waals surface area contributed by atoms with E-state index in [1.165, 1.54) is 0 Å². The zero-order valence-corrected chi connectivity index (χ0v) is 8.41. The van der Waals surface area contributed by atoms with Crippen molar-refractivity contribution in [1.82, 2.24) is 0 Å². The van der Waals surface area contributed by atoms with Gasteiger partial charge in [0.1, 0.15) is 18.9 Å². The first-order valence-electron chi connectivity index (χ1n) is 4.83. The van der Waals surface area contributed by atoms with Gasteiger partial charge in [-0.05, 0) is 0 Å². The molecular weight excluding hydrogens is 200 g/mol. The Morgan fingerprint density at radius 1 is 1.20 bits per heavy atom. The Morgan fingerprint density at radius 2 is 1.80 bits per heavy atom. The van der Waals surface area contributed by atoms with Gasteiger partial charge in [0.25, 0.3) is 0 Å². The first kappa shape index (κ1) is 12.0.